The van der Waals surface area contributed by atoms with Crippen molar-refractivity contribution in [2.45, 2.75) is 24.3 Å². The highest BCUT2D eigenvalue weighted by molar-refractivity contribution is 7.89. The van der Waals surface area contributed by atoms with Crippen molar-refractivity contribution in [2.75, 3.05) is 13.1 Å². The first-order chi connectivity index (χ1) is 13.0. The van der Waals surface area contributed by atoms with E-state index >= 15 is 0 Å². The van der Waals surface area contributed by atoms with Crippen LogP contribution >= 0.6 is 0 Å². The van der Waals surface area contributed by atoms with E-state index in [0.29, 0.717) is 30.1 Å². The third-order valence-corrected chi connectivity index (χ3v) is 6.64. The molecule has 1 aromatic carbocycles. The van der Waals surface area contributed by atoms with Crippen LogP contribution in [0.25, 0.3) is 5.65 Å². The van der Waals surface area contributed by atoms with Crippen LogP contribution in [0.3, 0.4) is 0 Å². The Morgan fingerprint density at radius 3 is 2.56 bits per heavy atom. The molecule has 1 aliphatic rings. The molecule has 0 spiro atoms. The molecule has 0 unspecified atom stereocenters. The lowest BCUT2D eigenvalue weighted by molar-refractivity contribution is 0.0950. The van der Waals surface area contributed by atoms with Gasteiger partial charge in [0.2, 0.25) is 10.0 Å². The lowest BCUT2D eigenvalue weighted by Crippen LogP contribution is -2.28. The van der Waals surface area contributed by atoms with Crippen LogP contribution in [0.5, 0.6) is 0 Å². The minimum Gasteiger partial charge on any atom is -0.348 e. The first-order valence-electron chi connectivity index (χ1n) is 8.84. The van der Waals surface area contributed by atoms with Crippen molar-refractivity contribution in [3.05, 3.63) is 66.1 Å². The molecule has 1 fully saturated rings. The predicted molar refractivity (Wildman–Crippen MR) is 101 cm³/mol. The van der Waals surface area contributed by atoms with Crippen LogP contribution in [-0.4, -0.2) is 41.1 Å². The van der Waals surface area contributed by atoms with Crippen LogP contribution in [0.2, 0.25) is 0 Å². The van der Waals surface area contributed by atoms with Gasteiger partial charge in [0.15, 0.2) is 0 Å². The molecular formula is C19H20N4O3S. The van der Waals surface area contributed by atoms with Gasteiger partial charge in [0.1, 0.15) is 5.65 Å². The van der Waals surface area contributed by atoms with E-state index < -0.39 is 10.0 Å². The van der Waals surface area contributed by atoms with Gasteiger partial charge in [-0.25, -0.2) is 13.4 Å². The van der Waals surface area contributed by atoms with E-state index in [9.17, 15) is 13.2 Å². The molecule has 1 aliphatic heterocycles. The minimum atomic E-state index is -3.41. The maximum Gasteiger partial charge on any atom is 0.253 e. The summed E-state index contributed by atoms with van der Waals surface area (Å²) in [5.41, 5.74) is 2.16. The Morgan fingerprint density at radius 2 is 1.81 bits per heavy atom. The predicted octanol–water partition coefficient (Wildman–Crippen LogP) is 2.05. The van der Waals surface area contributed by atoms with Gasteiger partial charge in [-0.05, 0) is 42.7 Å². The average Bonchev–Trinajstić information content (AvgIpc) is 3.37. The van der Waals surface area contributed by atoms with Gasteiger partial charge in [-0.3, -0.25) is 4.79 Å². The highest BCUT2D eigenvalue weighted by atomic mass is 32.2. The number of imidazole rings is 1. The Hall–Kier alpha value is -2.71. The zero-order valence-corrected chi connectivity index (χ0v) is 15.5. The molecule has 8 heteroatoms. The molecule has 0 saturated carbocycles. The van der Waals surface area contributed by atoms with Gasteiger partial charge in [0.05, 0.1) is 10.5 Å². The quantitative estimate of drug-likeness (QED) is 0.730. The number of rotatable bonds is 5. The number of hydrogen-bond acceptors (Lipinski definition) is 4. The standard InChI is InChI=1S/C19H20N4O3S/c24-19(16-5-8-18-20-9-12-22(18)14-16)21-13-15-3-6-17(7-4-15)27(25,26)23-10-1-2-11-23/h3-9,12,14H,1-2,10-11,13H2,(H,21,24). The molecule has 27 heavy (non-hydrogen) atoms. The number of fused-ring (bicyclic) bond motifs is 1. The highest BCUT2D eigenvalue weighted by Crippen LogP contribution is 2.21. The summed E-state index contributed by atoms with van der Waals surface area (Å²) in [6, 6.07) is 10.2. The Morgan fingerprint density at radius 1 is 1.07 bits per heavy atom. The summed E-state index contributed by atoms with van der Waals surface area (Å²) in [6.07, 6.45) is 7.01. The van der Waals surface area contributed by atoms with Gasteiger partial charge >= 0.3 is 0 Å². The fourth-order valence-corrected chi connectivity index (χ4v) is 4.71. The second-order valence-electron chi connectivity index (χ2n) is 6.55. The zero-order valence-electron chi connectivity index (χ0n) is 14.7. The van der Waals surface area contributed by atoms with Crippen molar-refractivity contribution < 1.29 is 13.2 Å². The summed E-state index contributed by atoms with van der Waals surface area (Å²) in [7, 11) is -3.41. The van der Waals surface area contributed by atoms with E-state index in [1.54, 1.807) is 59.4 Å². The van der Waals surface area contributed by atoms with Gasteiger partial charge in [0.25, 0.3) is 5.91 Å². The van der Waals surface area contributed by atoms with Gasteiger partial charge in [-0.2, -0.15) is 4.31 Å². The SMILES string of the molecule is O=C(NCc1ccc(S(=O)(=O)N2CCCC2)cc1)c1ccc2nccn2c1. The summed E-state index contributed by atoms with van der Waals surface area (Å²) in [5, 5.41) is 2.85. The molecule has 3 aromatic rings. The minimum absolute atomic E-state index is 0.195. The zero-order chi connectivity index (χ0) is 18.9. The number of nitrogens with zero attached hydrogens (tertiary/aromatic N) is 3. The maximum atomic E-state index is 12.5. The molecule has 3 heterocycles. The number of nitrogens with one attached hydrogen (secondary N) is 1. The first-order valence-corrected chi connectivity index (χ1v) is 10.3. The lowest BCUT2D eigenvalue weighted by Gasteiger charge is -2.15. The van der Waals surface area contributed by atoms with Crippen molar-refractivity contribution in [2.24, 2.45) is 0 Å². The van der Waals surface area contributed by atoms with Crippen molar-refractivity contribution in [3.63, 3.8) is 0 Å². The van der Waals surface area contributed by atoms with E-state index in [2.05, 4.69) is 10.3 Å². The second-order valence-corrected chi connectivity index (χ2v) is 8.49. The van der Waals surface area contributed by atoms with Crippen LogP contribution in [0.15, 0.2) is 59.9 Å². The van der Waals surface area contributed by atoms with Crippen LogP contribution in [-0.2, 0) is 16.6 Å². The highest BCUT2D eigenvalue weighted by Gasteiger charge is 2.26. The Kier molecular flexibility index (Phi) is 4.67. The van der Waals surface area contributed by atoms with Gasteiger partial charge < -0.3 is 9.72 Å². The van der Waals surface area contributed by atoms with E-state index in [1.165, 1.54) is 4.31 Å². The van der Waals surface area contributed by atoms with Crippen LogP contribution < -0.4 is 5.32 Å². The van der Waals surface area contributed by atoms with Gasteiger partial charge in [-0.15, -0.1) is 0 Å². The molecule has 140 valence electrons. The van der Waals surface area contributed by atoms with E-state index in [1.807, 2.05) is 0 Å². The molecule has 0 aliphatic carbocycles. The summed E-state index contributed by atoms with van der Waals surface area (Å²) >= 11 is 0. The average molecular weight is 384 g/mol. The number of hydrogen-bond donors (Lipinski definition) is 1. The Balaban J connectivity index is 1.41. The van der Waals surface area contributed by atoms with Crippen LogP contribution in [0.1, 0.15) is 28.8 Å². The number of aromatic nitrogens is 2. The van der Waals surface area contributed by atoms with E-state index in [4.69, 9.17) is 0 Å². The molecule has 7 nitrogen and oxygen atoms in total. The van der Waals surface area contributed by atoms with Crippen LogP contribution in [0.4, 0.5) is 0 Å². The first kappa shape index (κ1) is 17.7. The molecule has 0 radical (unpaired) electrons. The molecular weight excluding hydrogens is 364 g/mol. The summed E-state index contributed by atoms with van der Waals surface area (Å²) in [5.74, 6) is -0.195. The second kappa shape index (κ2) is 7.13. The number of carbonyl (C=O) groups is 1. The third kappa shape index (κ3) is 3.58. The van der Waals surface area contributed by atoms with Gasteiger partial charge in [-0.1, -0.05) is 12.1 Å². The molecule has 2 aromatic heterocycles. The summed E-state index contributed by atoms with van der Waals surface area (Å²) < 4.78 is 28.4. The van der Waals surface area contributed by atoms with Crippen molar-refractivity contribution >= 4 is 21.6 Å². The number of amides is 1. The number of carbonyl (C=O) groups excluding carboxylic acids is 1. The van der Waals surface area contributed by atoms with Crippen molar-refractivity contribution in [1.82, 2.24) is 19.0 Å². The van der Waals surface area contributed by atoms with E-state index in [0.717, 1.165) is 24.1 Å². The normalized spacial score (nSPS) is 15.3. The number of benzene rings is 1. The van der Waals surface area contributed by atoms with E-state index in [-0.39, 0.29) is 5.91 Å². The molecule has 0 atom stereocenters. The summed E-state index contributed by atoms with van der Waals surface area (Å²) in [4.78, 5) is 16.8. The molecule has 1 saturated heterocycles. The number of sulfonamides is 1. The van der Waals surface area contributed by atoms with Crippen molar-refractivity contribution in [1.29, 1.82) is 0 Å². The third-order valence-electron chi connectivity index (χ3n) is 4.73. The lowest BCUT2D eigenvalue weighted by atomic mass is 10.2. The Labute approximate surface area is 157 Å². The monoisotopic (exact) mass is 384 g/mol. The fraction of sp³-hybridized carbons (Fsp3) is 0.263. The molecule has 0 bridgehead atoms. The largest absolute Gasteiger partial charge is 0.348 e. The molecule has 1 amide bonds. The smallest absolute Gasteiger partial charge is 0.253 e. The van der Waals surface area contributed by atoms with Crippen molar-refractivity contribution in [3.8, 4) is 0 Å². The molecule has 1 N–H and O–H groups in total. The Bertz CT molecular complexity index is 1070. The maximum absolute atomic E-state index is 12.5. The fourth-order valence-electron chi connectivity index (χ4n) is 3.20. The van der Waals surface area contributed by atoms with Crippen LogP contribution in [0, 0.1) is 0 Å². The topological polar surface area (TPSA) is 83.8 Å². The number of pyridine rings is 1. The molecule has 4 rings (SSSR count). The summed E-state index contributed by atoms with van der Waals surface area (Å²) in [6.45, 7) is 1.49. The van der Waals surface area contributed by atoms with Gasteiger partial charge in [0, 0.05) is 38.2 Å².